The number of methoxy groups -OCH3 is 2. The number of hydrogen-bond donors (Lipinski definition) is 1. The second-order valence-electron chi connectivity index (χ2n) is 7.86. The number of piperidine rings is 1. The maximum Gasteiger partial charge on any atom is 0.282 e. The van der Waals surface area contributed by atoms with E-state index in [1.807, 2.05) is 4.90 Å². The van der Waals surface area contributed by atoms with Crippen LogP contribution in [0.2, 0.25) is 5.02 Å². The van der Waals surface area contributed by atoms with Crippen LogP contribution in [0.5, 0.6) is 11.5 Å². The van der Waals surface area contributed by atoms with Gasteiger partial charge in [-0.3, -0.25) is 9.59 Å². The molecule has 2 amide bonds. The highest BCUT2D eigenvalue weighted by molar-refractivity contribution is 6.45. The summed E-state index contributed by atoms with van der Waals surface area (Å²) in [6.07, 6.45) is 1.71. The second kappa shape index (κ2) is 9.22. The van der Waals surface area contributed by atoms with Crippen LogP contribution >= 0.6 is 11.6 Å². The van der Waals surface area contributed by atoms with E-state index in [9.17, 15) is 14.7 Å². The topological polar surface area (TPSA) is 79.3 Å². The molecule has 32 heavy (non-hydrogen) atoms. The van der Waals surface area contributed by atoms with Crippen molar-refractivity contribution in [3.63, 3.8) is 0 Å². The van der Waals surface area contributed by atoms with E-state index in [2.05, 4.69) is 0 Å². The first kappa shape index (κ1) is 22.2. The van der Waals surface area contributed by atoms with Crippen molar-refractivity contribution in [3.05, 3.63) is 58.7 Å². The number of anilines is 1. The van der Waals surface area contributed by atoms with Crippen molar-refractivity contribution in [1.82, 2.24) is 4.90 Å². The van der Waals surface area contributed by atoms with Crippen LogP contribution in [-0.4, -0.2) is 55.7 Å². The Labute approximate surface area is 191 Å². The third-order valence-electron chi connectivity index (χ3n) is 5.89. The second-order valence-corrected chi connectivity index (χ2v) is 8.29. The van der Waals surface area contributed by atoms with Crippen molar-refractivity contribution < 1.29 is 24.2 Å². The first-order chi connectivity index (χ1) is 15.5. The number of nitrogens with zero attached hydrogens (tertiary/aromatic N) is 2. The van der Waals surface area contributed by atoms with Crippen LogP contribution in [0.3, 0.4) is 0 Å². The monoisotopic (exact) mass is 456 g/mol. The Bertz CT molecular complexity index is 1080. The number of aliphatic hydroxyl groups is 1. The average molecular weight is 457 g/mol. The van der Waals surface area contributed by atoms with Crippen molar-refractivity contribution in [2.75, 3.05) is 38.8 Å². The fourth-order valence-corrected chi connectivity index (χ4v) is 4.51. The van der Waals surface area contributed by atoms with Gasteiger partial charge in [-0.05, 0) is 54.7 Å². The maximum atomic E-state index is 13.6. The average Bonchev–Trinajstić information content (AvgIpc) is 3.08. The molecule has 0 aromatic heterocycles. The Morgan fingerprint density at radius 2 is 1.84 bits per heavy atom. The van der Waals surface area contributed by atoms with Gasteiger partial charge in [-0.15, -0.1) is 0 Å². The van der Waals surface area contributed by atoms with Gasteiger partial charge >= 0.3 is 0 Å². The first-order valence-electron chi connectivity index (χ1n) is 10.4. The van der Waals surface area contributed by atoms with Gasteiger partial charge in [-0.1, -0.05) is 23.7 Å². The molecule has 1 unspecified atom stereocenters. The third kappa shape index (κ3) is 3.94. The predicted molar refractivity (Wildman–Crippen MR) is 122 cm³/mol. The molecule has 2 heterocycles. The zero-order valence-electron chi connectivity index (χ0n) is 18.0. The number of ether oxygens (including phenoxy) is 2. The van der Waals surface area contributed by atoms with Crippen LogP contribution in [0, 0.1) is 5.92 Å². The van der Waals surface area contributed by atoms with Crippen molar-refractivity contribution in [1.29, 1.82) is 0 Å². The molecule has 8 heteroatoms. The first-order valence-corrected chi connectivity index (χ1v) is 10.8. The number of benzene rings is 2. The van der Waals surface area contributed by atoms with E-state index in [4.69, 9.17) is 21.1 Å². The van der Waals surface area contributed by atoms with Crippen LogP contribution in [0.4, 0.5) is 5.69 Å². The fourth-order valence-electron chi connectivity index (χ4n) is 4.33. The summed E-state index contributed by atoms with van der Waals surface area (Å²) in [5.74, 6) is 0.211. The molecule has 2 aliphatic heterocycles. The van der Waals surface area contributed by atoms with E-state index in [1.54, 1.807) is 42.5 Å². The molecule has 0 saturated carbocycles. The number of imide groups is 1. The van der Waals surface area contributed by atoms with Gasteiger partial charge in [0.25, 0.3) is 11.8 Å². The summed E-state index contributed by atoms with van der Waals surface area (Å²) in [6.45, 7) is 1.17. The largest absolute Gasteiger partial charge is 0.493 e. The van der Waals surface area contributed by atoms with Gasteiger partial charge < -0.3 is 19.5 Å². The zero-order chi connectivity index (χ0) is 22.8. The van der Waals surface area contributed by atoms with Gasteiger partial charge in [0, 0.05) is 24.7 Å². The van der Waals surface area contributed by atoms with Gasteiger partial charge in [0.2, 0.25) is 0 Å². The minimum absolute atomic E-state index is 0.0373. The van der Waals surface area contributed by atoms with Crippen LogP contribution in [-0.2, 0) is 9.59 Å². The normalized spacial score (nSPS) is 19.1. The van der Waals surface area contributed by atoms with Crippen LogP contribution in [0.1, 0.15) is 18.4 Å². The molecule has 2 aliphatic rings. The van der Waals surface area contributed by atoms with E-state index in [0.29, 0.717) is 52.1 Å². The number of aliphatic hydroxyl groups excluding tert-OH is 1. The molecule has 1 fully saturated rings. The smallest absolute Gasteiger partial charge is 0.282 e. The Hall–Kier alpha value is -3.03. The molecule has 0 bridgehead atoms. The Balaban J connectivity index is 1.85. The van der Waals surface area contributed by atoms with Crippen molar-refractivity contribution >= 4 is 34.7 Å². The molecule has 0 radical (unpaired) electrons. The molecule has 7 nitrogen and oxygen atoms in total. The number of hydrogen-bond acceptors (Lipinski definition) is 6. The van der Waals surface area contributed by atoms with E-state index < -0.39 is 11.8 Å². The zero-order valence-corrected chi connectivity index (χ0v) is 18.8. The summed E-state index contributed by atoms with van der Waals surface area (Å²) in [4.78, 5) is 30.4. The van der Waals surface area contributed by atoms with E-state index in [1.165, 1.54) is 14.2 Å². The molecule has 168 valence electrons. The van der Waals surface area contributed by atoms with Gasteiger partial charge in [0.1, 0.15) is 5.70 Å². The number of halogens is 1. The number of rotatable bonds is 6. The van der Waals surface area contributed by atoms with Gasteiger partial charge in [0.15, 0.2) is 11.5 Å². The Kier molecular flexibility index (Phi) is 6.39. The van der Waals surface area contributed by atoms with E-state index >= 15 is 0 Å². The Morgan fingerprint density at radius 1 is 1.06 bits per heavy atom. The number of carbonyl (C=O) groups excluding carboxylic acids is 2. The molecule has 1 atom stereocenters. The molecule has 2 aromatic rings. The molecule has 1 N–H and O–H groups in total. The molecule has 0 spiro atoms. The van der Waals surface area contributed by atoms with E-state index in [-0.39, 0.29) is 12.5 Å². The lowest BCUT2D eigenvalue weighted by Crippen LogP contribution is -2.40. The minimum Gasteiger partial charge on any atom is -0.493 e. The summed E-state index contributed by atoms with van der Waals surface area (Å²) in [7, 11) is 3.06. The van der Waals surface area contributed by atoms with Crippen molar-refractivity contribution in [2.45, 2.75) is 12.8 Å². The lowest BCUT2D eigenvalue weighted by molar-refractivity contribution is -0.120. The molecule has 0 aliphatic carbocycles. The van der Waals surface area contributed by atoms with E-state index in [0.717, 1.165) is 17.7 Å². The highest BCUT2D eigenvalue weighted by Gasteiger charge is 2.43. The van der Waals surface area contributed by atoms with Crippen molar-refractivity contribution in [3.8, 4) is 11.5 Å². The lowest BCUT2D eigenvalue weighted by atomic mass is 9.96. The van der Waals surface area contributed by atoms with Gasteiger partial charge in [-0.2, -0.15) is 0 Å². The quantitative estimate of drug-likeness (QED) is 0.671. The number of amides is 2. The molecule has 1 saturated heterocycles. The molecule has 4 rings (SSSR count). The summed E-state index contributed by atoms with van der Waals surface area (Å²) in [6, 6.07) is 11.8. The summed E-state index contributed by atoms with van der Waals surface area (Å²) < 4.78 is 10.7. The summed E-state index contributed by atoms with van der Waals surface area (Å²) >= 11 is 6.14. The maximum absolute atomic E-state index is 13.6. The number of likely N-dealkylation sites (tertiary alicyclic amines) is 1. The molecule has 2 aromatic carbocycles. The number of carbonyl (C=O) groups is 2. The molecular formula is C24H25ClN2O5. The van der Waals surface area contributed by atoms with Gasteiger partial charge in [0.05, 0.1) is 25.5 Å². The molecular weight excluding hydrogens is 432 g/mol. The minimum atomic E-state index is -0.425. The summed E-state index contributed by atoms with van der Waals surface area (Å²) in [5.41, 5.74) is 1.61. The summed E-state index contributed by atoms with van der Waals surface area (Å²) in [5, 5.41) is 10.1. The predicted octanol–water partition coefficient (Wildman–Crippen LogP) is 3.35. The third-order valence-corrected chi connectivity index (χ3v) is 6.13. The lowest BCUT2D eigenvalue weighted by Gasteiger charge is -2.34. The van der Waals surface area contributed by atoms with Crippen LogP contribution < -0.4 is 14.4 Å². The highest BCUT2D eigenvalue weighted by Crippen LogP contribution is 2.39. The Morgan fingerprint density at radius 3 is 2.53 bits per heavy atom. The van der Waals surface area contributed by atoms with Crippen LogP contribution in [0.15, 0.2) is 48.2 Å². The van der Waals surface area contributed by atoms with Crippen molar-refractivity contribution in [2.24, 2.45) is 5.92 Å². The SMILES string of the molecule is COc1ccc(C2=C(N3CCCC(CO)C3)C(=O)N(c3cccc(Cl)c3)C2=O)cc1OC. The van der Waals surface area contributed by atoms with Crippen LogP contribution in [0.25, 0.3) is 5.57 Å². The van der Waals surface area contributed by atoms with Gasteiger partial charge in [-0.25, -0.2) is 4.90 Å². The standard InChI is InChI=1S/C24H25ClN2O5/c1-31-19-9-8-16(11-20(19)32-2)21-22(26-10-4-5-15(13-26)14-28)24(30)27(23(21)29)18-7-3-6-17(25)12-18/h3,6-9,11-12,15,28H,4-5,10,13-14H2,1-2H3. The highest BCUT2D eigenvalue weighted by atomic mass is 35.5. The fraction of sp³-hybridized carbons (Fsp3) is 0.333.